The maximum absolute atomic E-state index is 6.57. The molecular weight excluding hydrogens is 677 g/mol. The lowest BCUT2D eigenvalue weighted by atomic mass is 10.0. The first-order chi connectivity index (χ1) is 23.3. The Hall–Kier alpha value is -2.25. The van der Waals surface area contributed by atoms with E-state index in [9.17, 15) is 0 Å². The molecule has 0 spiro atoms. The first-order valence-corrected chi connectivity index (χ1v) is 22.4. The standard InChI is InChI=1S/C36H51Cl2N7O3Si/c1-36(2)47-32-23(17-30(33(32)48-36)44-14-12-25-34(41-24-10-11-24)39-21-40-35(25)44)20-43(3)13-8-7-9-31-42-28-18-26(37)27(38)19-29(28)45(31)22-46-15-16-49(4,5)6/h12,14,18-19,21,23-24,30,32-33H,7-11,13,15-17,20,22H2,1-6H3,(H,39,40,41)/t23-,30-,32-,33+/m1/s1. The SMILES string of the molecule is CN(CCCCc1nc2cc(Cl)c(Cl)cc2n1COCC[Si](C)(C)C)C[C@H]1C[C@@H](n2ccc3c(NC4CC4)ncnc32)[C@@H]2OC(C)(C)O[C@H]12. The second-order valence-electron chi connectivity index (χ2n) is 16.0. The van der Waals surface area contributed by atoms with Gasteiger partial charge < -0.3 is 33.6 Å². The van der Waals surface area contributed by atoms with Crippen molar-refractivity contribution in [2.75, 3.05) is 32.1 Å². The summed E-state index contributed by atoms with van der Waals surface area (Å²) in [5, 5.41) is 5.71. The summed E-state index contributed by atoms with van der Waals surface area (Å²) in [6.07, 6.45) is 10.2. The summed E-state index contributed by atoms with van der Waals surface area (Å²) in [5.74, 6) is 1.68. The van der Waals surface area contributed by atoms with Crippen LogP contribution in [-0.2, 0) is 27.4 Å². The number of rotatable bonds is 15. The Bertz CT molecular complexity index is 1790. The van der Waals surface area contributed by atoms with Crippen LogP contribution in [0.25, 0.3) is 22.1 Å². The highest BCUT2D eigenvalue weighted by Crippen LogP contribution is 2.48. The van der Waals surface area contributed by atoms with Gasteiger partial charge >= 0.3 is 0 Å². The topological polar surface area (TPSA) is 91.5 Å². The molecule has 7 rings (SSSR count). The highest BCUT2D eigenvalue weighted by molar-refractivity contribution is 6.76. The number of unbranched alkanes of at least 4 members (excludes halogenated alkanes) is 1. The number of fused-ring (bicyclic) bond motifs is 3. The van der Waals surface area contributed by atoms with Crippen LogP contribution < -0.4 is 5.32 Å². The van der Waals surface area contributed by atoms with Gasteiger partial charge in [0.1, 0.15) is 36.5 Å². The monoisotopic (exact) mass is 727 g/mol. The molecule has 0 radical (unpaired) electrons. The number of aromatic nitrogens is 5. The quantitative estimate of drug-likeness (QED) is 0.0973. The summed E-state index contributed by atoms with van der Waals surface area (Å²) in [4.78, 5) is 16.7. The Morgan fingerprint density at radius 2 is 1.86 bits per heavy atom. The predicted molar refractivity (Wildman–Crippen MR) is 199 cm³/mol. The van der Waals surface area contributed by atoms with Crippen LogP contribution in [0.1, 0.15) is 57.8 Å². The van der Waals surface area contributed by atoms with E-state index in [1.54, 1.807) is 6.33 Å². The fourth-order valence-electron chi connectivity index (χ4n) is 7.48. The van der Waals surface area contributed by atoms with Crippen LogP contribution in [-0.4, -0.2) is 87.8 Å². The molecule has 13 heteroatoms. The number of halogens is 2. The third-order valence-corrected chi connectivity index (χ3v) is 12.6. The minimum Gasteiger partial charge on any atom is -0.367 e. The Morgan fingerprint density at radius 1 is 1.08 bits per heavy atom. The van der Waals surface area contributed by atoms with Gasteiger partial charge in [-0.15, -0.1) is 0 Å². The first-order valence-electron chi connectivity index (χ1n) is 17.9. The van der Waals surface area contributed by atoms with Crippen molar-refractivity contribution in [3.8, 4) is 0 Å². The van der Waals surface area contributed by atoms with Crippen LogP contribution in [0, 0.1) is 5.92 Å². The summed E-state index contributed by atoms with van der Waals surface area (Å²) >= 11 is 12.8. The lowest BCUT2D eigenvalue weighted by Crippen LogP contribution is -2.34. The second-order valence-corrected chi connectivity index (χ2v) is 22.4. The molecule has 3 aromatic heterocycles. The molecule has 0 unspecified atom stereocenters. The van der Waals surface area contributed by atoms with Gasteiger partial charge in [0.2, 0.25) is 0 Å². The van der Waals surface area contributed by atoms with Crippen molar-refractivity contribution in [3.63, 3.8) is 0 Å². The minimum absolute atomic E-state index is 0.0261. The van der Waals surface area contributed by atoms with Crippen molar-refractivity contribution < 1.29 is 14.2 Å². The fraction of sp³-hybridized carbons (Fsp3) is 0.639. The van der Waals surface area contributed by atoms with E-state index in [-0.39, 0.29) is 18.2 Å². The van der Waals surface area contributed by atoms with E-state index in [4.69, 9.17) is 47.4 Å². The lowest BCUT2D eigenvalue weighted by molar-refractivity contribution is -0.160. The number of hydrogen-bond acceptors (Lipinski definition) is 8. The molecule has 3 aliphatic rings. The van der Waals surface area contributed by atoms with Gasteiger partial charge in [0, 0.05) is 45.8 Å². The Balaban J connectivity index is 0.980. The maximum atomic E-state index is 6.57. The van der Waals surface area contributed by atoms with E-state index in [0.29, 0.717) is 28.7 Å². The third-order valence-electron chi connectivity index (χ3n) is 10.2. The number of nitrogens with one attached hydrogen (secondary N) is 1. The van der Waals surface area contributed by atoms with Gasteiger partial charge in [0.05, 0.1) is 38.6 Å². The number of hydrogen-bond donors (Lipinski definition) is 1. The van der Waals surface area contributed by atoms with Gasteiger partial charge in [-0.1, -0.05) is 42.8 Å². The van der Waals surface area contributed by atoms with Crippen LogP contribution in [0.5, 0.6) is 0 Å². The van der Waals surface area contributed by atoms with Crippen LogP contribution in [0.3, 0.4) is 0 Å². The van der Waals surface area contributed by atoms with Crippen LogP contribution in [0.2, 0.25) is 35.7 Å². The number of imidazole rings is 1. The number of ether oxygens (including phenoxy) is 3. The summed E-state index contributed by atoms with van der Waals surface area (Å²) in [5.41, 5.74) is 2.79. The van der Waals surface area contributed by atoms with Gasteiger partial charge in [-0.05, 0) is 83.8 Å². The molecule has 0 bridgehead atoms. The summed E-state index contributed by atoms with van der Waals surface area (Å²) < 4.78 is 23.8. The Labute approximate surface area is 300 Å². The van der Waals surface area contributed by atoms with E-state index in [1.165, 1.54) is 12.8 Å². The molecular formula is C36H51Cl2N7O3Si. The smallest absolute Gasteiger partial charge is 0.163 e. The lowest BCUT2D eigenvalue weighted by Gasteiger charge is -2.27. The third kappa shape index (κ3) is 7.98. The molecule has 49 heavy (non-hydrogen) atoms. The number of nitrogens with zero attached hydrogens (tertiary/aromatic N) is 6. The average molecular weight is 729 g/mol. The van der Waals surface area contributed by atoms with E-state index in [0.717, 1.165) is 85.1 Å². The van der Waals surface area contributed by atoms with Crippen molar-refractivity contribution in [1.82, 2.24) is 29.0 Å². The minimum atomic E-state index is -1.18. The van der Waals surface area contributed by atoms with Gasteiger partial charge in [-0.25, -0.2) is 15.0 Å². The molecule has 1 aliphatic heterocycles. The molecule has 4 heterocycles. The van der Waals surface area contributed by atoms with Gasteiger partial charge in [-0.2, -0.15) is 0 Å². The number of aryl methyl sites for hydroxylation is 1. The van der Waals surface area contributed by atoms with Crippen LogP contribution in [0.15, 0.2) is 30.7 Å². The van der Waals surface area contributed by atoms with Crippen molar-refractivity contribution in [2.24, 2.45) is 5.92 Å². The first kappa shape index (κ1) is 35.2. The zero-order valence-electron chi connectivity index (χ0n) is 29.7. The Kier molecular flexibility index (Phi) is 10.1. The normalized spacial score (nSPS) is 23.7. The van der Waals surface area contributed by atoms with E-state index < -0.39 is 13.9 Å². The van der Waals surface area contributed by atoms with Crippen molar-refractivity contribution in [1.29, 1.82) is 0 Å². The Morgan fingerprint density at radius 3 is 2.63 bits per heavy atom. The molecule has 2 aliphatic carbocycles. The molecule has 1 aromatic carbocycles. The molecule has 10 nitrogen and oxygen atoms in total. The second kappa shape index (κ2) is 14.0. The zero-order chi connectivity index (χ0) is 34.5. The molecule has 4 aromatic rings. The van der Waals surface area contributed by atoms with Gasteiger partial charge in [0.25, 0.3) is 0 Å². The van der Waals surface area contributed by atoms with E-state index >= 15 is 0 Å². The number of anilines is 1. The van der Waals surface area contributed by atoms with E-state index in [2.05, 4.69) is 63.3 Å². The maximum Gasteiger partial charge on any atom is 0.163 e. The van der Waals surface area contributed by atoms with Crippen molar-refractivity contribution >= 4 is 59.2 Å². The summed E-state index contributed by atoms with van der Waals surface area (Å²) in [7, 11) is 1.05. The zero-order valence-corrected chi connectivity index (χ0v) is 32.2. The van der Waals surface area contributed by atoms with E-state index in [1.807, 2.05) is 26.0 Å². The molecule has 3 fully saturated rings. The largest absolute Gasteiger partial charge is 0.367 e. The van der Waals surface area contributed by atoms with Gasteiger partial charge in [0.15, 0.2) is 5.79 Å². The van der Waals surface area contributed by atoms with Gasteiger partial charge in [-0.3, -0.25) is 0 Å². The molecule has 4 atom stereocenters. The number of benzene rings is 1. The van der Waals surface area contributed by atoms with Crippen LogP contribution in [0.4, 0.5) is 5.82 Å². The molecule has 1 saturated heterocycles. The summed E-state index contributed by atoms with van der Waals surface area (Å²) in [6.45, 7) is 14.3. The summed E-state index contributed by atoms with van der Waals surface area (Å²) in [6, 6.07) is 7.72. The predicted octanol–water partition coefficient (Wildman–Crippen LogP) is 8.01. The molecule has 1 N–H and O–H groups in total. The highest BCUT2D eigenvalue weighted by Gasteiger charge is 2.54. The highest BCUT2D eigenvalue weighted by atomic mass is 35.5. The fourth-order valence-corrected chi connectivity index (χ4v) is 8.55. The van der Waals surface area contributed by atoms with Crippen LogP contribution >= 0.6 is 23.2 Å². The van der Waals surface area contributed by atoms with Crippen molar-refractivity contribution in [2.45, 2.75) is 115 Å². The molecule has 266 valence electrons. The van der Waals surface area contributed by atoms with Crippen molar-refractivity contribution in [3.05, 3.63) is 46.6 Å². The molecule has 0 amide bonds. The molecule has 2 saturated carbocycles. The average Bonchev–Trinajstić information content (AvgIpc) is 3.34.